The fourth-order valence-corrected chi connectivity index (χ4v) is 4.11. The molecule has 1 heterocycles. The summed E-state index contributed by atoms with van der Waals surface area (Å²) in [5.41, 5.74) is 1.95. The largest absolute Gasteiger partial charge is 0.506 e. The van der Waals surface area contributed by atoms with Gasteiger partial charge in [0.15, 0.2) is 11.5 Å². The number of aliphatic hydroxyl groups excluding tert-OH is 1. The van der Waals surface area contributed by atoms with Crippen molar-refractivity contribution in [3.63, 3.8) is 0 Å². The van der Waals surface area contributed by atoms with Crippen LogP contribution in [0.5, 0.6) is 17.2 Å². The molecule has 1 fully saturated rings. The Balaban J connectivity index is 1.51. The molecule has 7 nitrogen and oxygen atoms in total. The number of hydrogen-bond donors (Lipinski definition) is 3. The van der Waals surface area contributed by atoms with Gasteiger partial charge in [-0.3, -0.25) is 4.79 Å². The van der Waals surface area contributed by atoms with Gasteiger partial charge in [-0.05, 0) is 67.3 Å². The predicted molar refractivity (Wildman–Crippen MR) is 130 cm³/mol. The topological polar surface area (TPSA) is 101 Å². The van der Waals surface area contributed by atoms with E-state index in [9.17, 15) is 14.3 Å². The molecule has 1 aromatic heterocycles. The van der Waals surface area contributed by atoms with Gasteiger partial charge in [-0.15, -0.1) is 0 Å². The molecule has 1 unspecified atom stereocenters. The third-order valence-electron chi connectivity index (χ3n) is 5.92. The number of amides is 1. The summed E-state index contributed by atoms with van der Waals surface area (Å²) >= 11 is 5.92. The number of rotatable bonds is 10. The Hall–Kier alpha value is -3.36. The number of aromatic nitrogens is 1. The van der Waals surface area contributed by atoms with E-state index in [1.54, 1.807) is 30.3 Å². The van der Waals surface area contributed by atoms with Gasteiger partial charge in [0.25, 0.3) is 5.91 Å². The van der Waals surface area contributed by atoms with Crippen LogP contribution in [0.15, 0.2) is 48.5 Å². The second kappa shape index (κ2) is 10.9. The van der Waals surface area contributed by atoms with E-state index < -0.39 is 5.82 Å². The van der Waals surface area contributed by atoms with Crippen molar-refractivity contribution < 1.29 is 28.9 Å². The van der Waals surface area contributed by atoms with Gasteiger partial charge >= 0.3 is 0 Å². The number of nitrogens with one attached hydrogen (secondary N) is 1. The van der Waals surface area contributed by atoms with E-state index in [2.05, 4.69) is 10.3 Å². The first-order valence-electron chi connectivity index (χ1n) is 11.3. The molecule has 0 radical (unpaired) electrons. The van der Waals surface area contributed by atoms with Gasteiger partial charge in [-0.1, -0.05) is 11.6 Å². The van der Waals surface area contributed by atoms with E-state index in [4.69, 9.17) is 26.2 Å². The maximum Gasteiger partial charge on any atom is 0.251 e. The Bertz CT molecular complexity index is 1220. The Kier molecular flexibility index (Phi) is 7.73. The Morgan fingerprint density at radius 3 is 2.69 bits per heavy atom. The molecule has 1 aliphatic rings. The molecule has 1 amide bonds. The normalized spacial score (nSPS) is 13.8. The van der Waals surface area contributed by atoms with Crippen molar-refractivity contribution in [2.75, 3.05) is 26.9 Å². The van der Waals surface area contributed by atoms with Crippen molar-refractivity contribution >= 4 is 17.5 Å². The highest BCUT2D eigenvalue weighted by Crippen LogP contribution is 2.43. The van der Waals surface area contributed by atoms with Crippen LogP contribution in [0.1, 0.15) is 34.8 Å². The summed E-state index contributed by atoms with van der Waals surface area (Å²) in [7, 11) is 1.48. The molecule has 2 aromatic carbocycles. The minimum Gasteiger partial charge on any atom is -0.506 e. The molecule has 0 spiro atoms. The molecule has 1 saturated carbocycles. The lowest BCUT2D eigenvalue weighted by molar-refractivity contribution is 0.0949. The van der Waals surface area contributed by atoms with Crippen molar-refractivity contribution in [2.24, 2.45) is 5.92 Å². The molecule has 0 aliphatic heterocycles. The fourth-order valence-electron chi connectivity index (χ4n) is 3.93. The minimum atomic E-state index is -0.547. The van der Waals surface area contributed by atoms with Crippen LogP contribution < -0.4 is 14.8 Å². The van der Waals surface area contributed by atoms with E-state index in [1.165, 1.54) is 25.3 Å². The number of benzene rings is 2. The zero-order valence-corrected chi connectivity index (χ0v) is 19.9. The Morgan fingerprint density at radius 1 is 1.20 bits per heavy atom. The van der Waals surface area contributed by atoms with Crippen LogP contribution in [0, 0.1) is 11.7 Å². The highest BCUT2D eigenvalue weighted by Gasteiger charge is 2.34. The number of hydrogen-bond acceptors (Lipinski definition) is 6. The number of carbonyl (C=O) groups excluding carboxylic acids is 1. The summed E-state index contributed by atoms with van der Waals surface area (Å²) in [6, 6.07) is 12.3. The quantitative estimate of drug-likeness (QED) is 0.377. The lowest BCUT2D eigenvalue weighted by atomic mass is 9.97. The summed E-state index contributed by atoms with van der Waals surface area (Å²) in [5.74, 6) is 0.291. The van der Waals surface area contributed by atoms with Gasteiger partial charge in [-0.2, -0.15) is 0 Å². The first-order chi connectivity index (χ1) is 16.9. The van der Waals surface area contributed by atoms with E-state index in [-0.39, 0.29) is 35.8 Å². The number of aromatic hydroxyl groups is 1. The maximum atomic E-state index is 13.6. The second-order valence-corrected chi connectivity index (χ2v) is 8.73. The van der Waals surface area contributed by atoms with Gasteiger partial charge in [-0.25, -0.2) is 9.37 Å². The summed E-state index contributed by atoms with van der Waals surface area (Å²) < 4.78 is 24.3. The molecule has 0 bridgehead atoms. The van der Waals surface area contributed by atoms with E-state index in [0.29, 0.717) is 40.8 Å². The smallest absolute Gasteiger partial charge is 0.251 e. The van der Waals surface area contributed by atoms with Crippen LogP contribution in [0.2, 0.25) is 5.02 Å². The zero-order valence-electron chi connectivity index (χ0n) is 19.1. The molecule has 0 saturated heterocycles. The van der Waals surface area contributed by atoms with Gasteiger partial charge in [0.1, 0.15) is 23.9 Å². The molecular formula is C26H26ClFN2O5. The summed E-state index contributed by atoms with van der Waals surface area (Å²) in [4.78, 5) is 17.5. The molecule has 3 aromatic rings. The minimum absolute atomic E-state index is 0.0365. The number of carbonyl (C=O) groups is 1. The first kappa shape index (κ1) is 24.8. The number of ether oxygens (including phenoxy) is 2. The lowest BCUT2D eigenvalue weighted by Crippen LogP contribution is -2.29. The van der Waals surface area contributed by atoms with Gasteiger partial charge in [0, 0.05) is 29.3 Å². The van der Waals surface area contributed by atoms with E-state index in [1.807, 2.05) is 0 Å². The predicted octanol–water partition coefficient (Wildman–Crippen LogP) is 4.55. The van der Waals surface area contributed by atoms with E-state index >= 15 is 0 Å². The van der Waals surface area contributed by atoms with Crippen LogP contribution in [-0.2, 0) is 0 Å². The summed E-state index contributed by atoms with van der Waals surface area (Å²) in [5, 5.41) is 22.2. The van der Waals surface area contributed by atoms with Gasteiger partial charge in [0.2, 0.25) is 0 Å². The average molecular weight is 501 g/mol. The van der Waals surface area contributed by atoms with Gasteiger partial charge in [0.05, 0.1) is 18.7 Å². The number of halogens is 2. The lowest BCUT2D eigenvalue weighted by Gasteiger charge is -2.18. The molecule has 35 heavy (non-hydrogen) atoms. The second-order valence-electron chi connectivity index (χ2n) is 8.32. The highest BCUT2D eigenvalue weighted by atomic mass is 35.5. The molecule has 4 rings (SSSR count). The third-order valence-corrected chi connectivity index (χ3v) is 6.21. The number of nitrogens with zero attached hydrogens (tertiary/aromatic N) is 1. The van der Waals surface area contributed by atoms with E-state index in [0.717, 1.165) is 18.5 Å². The van der Waals surface area contributed by atoms with Gasteiger partial charge < -0.3 is 25.0 Å². The number of methoxy groups -OCH3 is 1. The Morgan fingerprint density at radius 2 is 2.00 bits per heavy atom. The van der Waals surface area contributed by atoms with Crippen LogP contribution in [0.25, 0.3) is 11.3 Å². The van der Waals surface area contributed by atoms with Crippen molar-refractivity contribution in [1.82, 2.24) is 10.3 Å². The molecule has 3 N–H and O–H groups in total. The summed E-state index contributed by atoms with van der Waals surface area (Å²) in [6.45, 7) is 0.349. The Labute approximate surface area is 207 Å². The molecule has 1 aliphatic carbocycles. The molecule has 1 atom stereocenters. The average Bonchev–Trinajstić information content (AvgIpc) is 3.70. The van der Waals surface area contributed by atoms with Crippen LogP contribution in [0.4, 0.5) is 4.39 Å². The standard InChI is InChI=1S/C26H26ClFN2O5/c1-34-24-13-17(5-9-23(24)35-11-10-31)26(33)29-14-18(15-2-3-15)21-7-8-22(32)25(30-21)16-4-6-20(28)19(27)12-16/h4-9,12-13,15,18,31-32H,2-3,10-11,14H2,1H3,(H,29,33). The number of aliphatic hydroxyl groups is 1. The number of pyridine rings is 1. The van der Waals surface area contributed by atoms with Crippen molar-refractivity contribution in [3.05, 3.63) is 70.6 Å². The first-order valence-corrected chi connectivity index (χ1v) is 11.6. The van der Waals surface area contributed by atoms with Crippen LogP contribution in [0.3, 0.4) is 0 Å². The fraction of sp³-hybridized carbons (Fsp3) is 0.308. The molecular weight excluding hydrogens is 475 g/mol. The monoisotopic (exact) mass is 500 g/mol. The van der Waals surface area contributed by atoms with Crippen LogP contribution >= 0.6 is 11.6 Å². The molecule has 9 heteroatoms. The highest BCUT2D eigenvalue weighted by molar-refractivity contribution is 6.31. The van der Waals surface area contributed by atoms with Crippen molar-refractivity contribution in [1.29, 1.82) is 0 Å². The third kappa shape index (κ3) is 5.83. The van der Waals surface area contributed by atoms with Crippen LogP contribution in [-0.4, -0.2) is 48.0 Å². The summed E-state index contributed by atoms with van der Waals surface area (Å²) in [6.07, 6.45) is 2.04. The zero-order chi connectivity index (χ0) is 24.9. The maximum absolute atomic E-state index is 13.6. The molecule has 184 valence electrons. The van der Waals surface area contributed by atoms with Crippen molar-refractivity contribution in [2.45, 2.75) is 18.8 Å². The SMILES string of the molecule is COc1cc(C(=O)NCC(c2ccc(O)c(-c3ccc(F)c(Cl)c3)n2)C2CC2)ccc1OCCO. The van der Waals surface area contributed by atoms with Crippen molar-refractivity contribution in [3.8, 4) is 28.5 Å².